The summed E-state index contributed by atoms with van der Waals surface area (Å²) in [6.45, 7) is 0.492. The molecular weight excluding hydrogens is 294 g/mol. The Morgan fingerprint density at radius 2 is 2.05 bits per heavy atom. The molecule has 0 spiro atoms. The highest BCUT2D eigenvalue weighted by Gasteiger charge is 2.12. The molecule has 0 bridgehead atoms. The van der Waals surface area contributed by atoms with Gasteiger partial charge in [0, 0.05) is 11.9 Å². The number of hydrogen-bond acceptors (Lipinski definition) is 5. The first-order chi connectivity index (χ1) is 9.79. The van der Waals surface area contributed by atoms with Gasteiger partial charge in [0.2, 0.25) is 0 Å². The number of aliphatic hydroxyl groups excluding tert-OH is 1. The Balaban J connectivity index is 2.17. The van der Waals surface area contributed by atoms with Crippen LogP contribution in [0.3, 0.4) is 0 Å². The maximum atomic E-state index is 8.97. The number of thiophene rings is 1. The zero-order chi connectivity index (χ0) is 13.9. The molecule has 0 aliphatic carbocycles. The second kappa shape index (κ2) is 5.75. The number of rotatable bonds is 4. The third-order valence-corrected chi connectivity index (χ3v) is 4.17. The van der Waals surface area contributed by atoms with E-state index in [0.29, 0.717) is 23.2 Å². The van der Waals surface area contributed by atoms with E-state index in [1.54, 1.807) is 0 Å². The molecule has 3 rings (SSSR count). The van der Waals surface area contributed by atoms with Gasteiger partial charge < -0.3 is 10.4 Å². The molecule has 102 valence electrons. The Labute approximate surface area is 125 Å². The molecule has 2 aromatic heterocycles. The summed E-state index contributed by atoms with van der Waals surface area (Å²) in [5.74, 6) is 1.31. The topological polar surface area (TPSA) is 58.0 Å². The lowest BCUT2D eigenvalue weighted by Crippen LogP contribution is -2.08. The molecule has 0 amide bonds. The largest absolute Gasteiger partial charge is 0.395 e. The quantitative estimate of drug-likeness (QED) is 0.775. The van der Waals surface area contributed by atoms with Crippen molar-refractivity contribution in [3.05, 3.63) is 40.7 Å². The van der Waals surface area contributed by atoms with E-state index in [9.17, 15) is 0 Å². The van der Waals surface area contributed by atoms with Crippen molar-refractivity contribution >= 4 is 39.7 Å². The van der Waals surface area contributed by atoms with E-state index < -0.39 is 0 Å². The zero-order valence-electron chi connectivity index (χ0n) is 10.5. The van der Waals surface area contributed by atoms with Crippen LogP contribution in [0.15, 0.2) is 35.7 Å². The number of benzene rings is 1. The first-order valence-electron chi connectivity index (χ1n) is 6.14. The van der Waals surface area contributed by atoms with Crippen LogP contribution in [-0.2, 0) is 0 Å². The molecule has 0 unspecified atom stereocenters. The number of aromatic nitrogens is 2. The van der Waals surface area contributed by atoms with E-state index in [2.05, 4.69) is 15.3 Å². The van der Waals surface area contributed by atoms with Crippen LogP contribution in [0.1, 0.15) is 0 Å². The molecule has 0 saturated heterocycles. The van der Waals surface area contributed by atoms with E-state index in [-0.39, 0.29) is 6.61 Å². The molecule has 0 aliphatic rings. The number of anilines is 1. The predicted octanol–water partition coefficient (Wildman–Crippen LogP) is 3.42. The lowest BCUT2D eigenvalue weighted by atomic mass is 10.2. The summed E-state index contributed by atoms with van der Waals surface area (Å²) < 4.78 is 0. The smallest absolute Gasteiger partial charge is 0.173 e. The molecule has 0 saturated carbocycles. The number of halogens is 1. The maximum Gasteiger partial charge on any atom is 0.173 e. The van der Waals surface area contributed by atoms with Gasteiger partial charge in [0.1, 0.15) is 5.82 Å². The first-order valence-corrected chi connectivity index (χ1v) is 7.40. The van der Waals surface area contributed by atoms with Crippen molar-refractivity contribution in [2.45, 2.75) is 0 Å². The summed E-state index contributed by atoms with van der Waals surface area (Å²) >= 11 is 7.66. The minimum absolute atomic E-state index is 0.0490. The van der Waals surface area contributed by atoms with Crippen molar-refractivity contribution in [3.8, 4) is 10.7 Å². The number of aliphatic hydroxyl groups is 1. The summed E-state index contributed by atoms with van der Waals surface area (Å²) in [5.41, 5.74) is 0.849. The SMILES string of the molecule is OCCNc1nc(-c2sccc2Cl)nc2ccccc12. The molecule has 1 aromatic carbocycles. The Hall–Kier alpha value is -1.69. The molecule has 20 heavy (non-hydrogen) atoms. The van der Waals surface area contributed by atoms with Crippen molar-refractivity contribution in [2.75, 3.05) is 18.5 Å². The third kappa shape index (κ3) is 2.47. The fourth-order valence-electron chi connectivity index (χ4n) is 1.94. The average molecular weight is 306 g/mol. The fraction of sp³-hybridized carbons (Fsp3) is 0.143. The Kier molecular flexibility index (Phi) is 3.82. The molecule has 0 radical (unpaired) electrons. The molecule has 2 N–H and O–H groups in total. The molecule has 3 aromatic rings. The molecule has 0 aliphatic heterocycles. The molecule has 2 heterocycles. The summed E-state index contributed by atoms with van der Waals surface area (Å²) in [7, 11) is 0. The van der Waals surface area contributed by atoms with Crippen LogP contribution in [0.25, 0.3) is 21.6 Å². The van der Waals surface area contributed by atoms with E-state index in [1.807, 2.05) is 35.7 Å². The van der Waals surface area contributed by atoms with Crippen LogP contribution in [0.5, 0.6) is 0 Å². The summed E-state index contributed by atoms with van der Waals surface area (Å²) in [4.78, 5) is 9.95. The number of hydrogen-bond donors (Lipinski definition) is 2. The van der Waals surface area contributed by atoms with E-state index in [0.717, 1.165) is 15.8 Å². The van der Waals surface area contributed by atoms with Gasteiger partial charge >= 0.3 is 0 Å². The highest BCUT2D eigenvalue weighted by molar-refractivity contribution is 7.14. The standard InChI is InChI=1S/C14H12ClN3OS/c15-10-5-8-20-12(10)14-17-11-4-2-1-3-9(11)13(18-14)16-6-7-19/h1-5,8,19H,6-7H2,(H,16,17,18). The summed E-state index contributed by atoms with van der Waals surface area (Å²) in [6, 6.07) is 9.60. The zero-order valence-corrected chi connectivity index (χ0v) is 12.1. The lowest BCUT2D eigenvalue weighted by Gasteiger charge is -2.09. The summed E-state index contributed by atoms with van der Waals surface area (Å²) in [6.07, 6.45) is 0. The Bertz CT molecular complexity index is 744. The normalized spacial score (nSPS) is 10.9. The number of para-hydroxylation sites is 1. The van der Waals surface area contributed by atoms with Crippen molar-refractivity contribution in [1.29, 1.82) is 0 Å². The van der Waals surface area contributed by atoms with Crippen LogP contribution in [0, 0.1) is 0 Å². The van der Waals surface area contributed by atoms with Gasteiger partial charge in [0.05, 0.1) is 22.0 Å². The summed E-state index contributed by atoms with van der Waals surface area (Å²) in [5, 5.41) is 15.6. The van der Waals surface area contributed by atoms with Gasteiger partial charge in [0.15, 0.2) is 5.82 Å². The van der Waals surface area contributed by atoms with Crippen molar-refractivity contribution in [2.24, 2.45) is 0 Å². The predicted molar refractivity (Wildman–Crippen MR) is 83.4 cm³/mol. The molecule has 4 nitrogen and oxygen atoms in total. The third-order valence-electron chi connectivity index (χ3n) is 2.83. The minimum Gasteiger partial charge on any atom is -0.395 e. The van der Waals surface area contributed by atoms with Gasteiger partial charge in [-0.3, -0.25) is 0 Å². The van der Waals surface area contributed by atoms with Gasteiger partial charge in [-0.25, -0.2) is 9.97 Å². The van der Waals surface area contributed by atoms with Crippen LogP contribution in [0.2, 0.25) is 5.02 Å². The maximum absolute atomic E-state index is 8.97. The number of nitrogens with one attached hydrogen (secondary N) is 1. The molecule has 0 fully saturated rings. The van der Waals surface area contributed by atoms with E-state index in [4.69, 9.17) is 16.7 Å². The van der Waals surface area contributed by atoms with Gasteiger partial charge in [-0.1, -0.05) is 23.7 Å². The molecule has 0 atom stereocenters. The van der Waals surface area contributed by atoms with E-state index >= 15 is 0 Å². The number of nitrogens with zero attached hydrogens (tertiary/aromatic N) is 2. The van der Waals surface area contributed by atoms with Crippen LogP contribution >= 0.6 is 22.9 Å². The second-order valence-electron chi connectivity index (χ2n) is 4.16. The number of fused-ring (bicyclic) bond motifs is 1. The fourth-order valence-corrected chi connectivity index (χ4v) is 3.01. The Morgan fingerprint density at radius 3 is 2.80 bits per heavy atom. The van der Waals surface area contributed by atoms with Crippen LogP contribution in [0.4, 0.5) is 5.82 Å². The van der Waals surface area contributed by atoms with Gasteiger partial charge in [-0.15, -0.1) is 11.3 Å². The average Bonchev–Trinajstić information content (AvgIpc) is 2.90. The van der Waals surface area contributed by atoms with Crippen LogP contribution < -0.4 is 5.32 Å². The highest BCUT2D eigenvalue weighted by atomic mass is 35.5. The highest BCUT2D eigenvalue weighted by Crippen LogP contribution is 2.33. The lowest BCUT2D eigenvalue weighted by molar-refractivity contribution is 0.311. The first kappa shape index (κ1) is 13.3. The minimum atomic E-state index is 0.0490. The monoisotopic (exact) mass is 305 g/mol. The van der Waals surface area contributed by atoms with Crippen LogP contribution in [-0.4, -0.2) is 28.2 Å². The van der Waals surface area contributed by atoms with Crippen molar-refractivity contribution in [1.82, 2.24) is 9.97 Å². The molecular formula is C14H12ClN3OS. The van der Waals surface area contributed by atoms with E-state index in [1.165, 1.54) is 11.3 Å². The van der Waals surface area contributed by atoms with Crippen molar-refractivity contribution in [3.63, 3.8) is 0 Å². The Morgan fingerprint density at radius 1 is 1.20 bits per heavy atom. The van der Waals surface area contributed by atoms with Gasteiger partial charge in [-0.05, 0) is 23.6 Å². The van der Waals surface area contributed by atoms with Gasteiger partial charge in [-0.2, -0.15) is 0 Å². The second-order valence-corrected chi connectivity index (χ2v) is 5.48. The molecule has 6 heteroatoms. The van der Waals surface area contributed by atoms with Gasteiger partial charge in [0.25, 0.3) is 0 Å². The van der Waals surface area contributed by atoms with Crippen molar-refractivity contribution < 1.29 is 5.11 Å².